The van der Waals surface area contributed by atoms with Gasteiger partial charge in [0.15, 0.2) is 0 Å². The average molecular weight is 418 g/mol. The summed E-state index contributed by atoms with van der Waals surface area (Å²) in [6.07, 6.45) is 5.93. The van der Waals surface area contributed by atoms with Crippen molar-refractivity contribution in [3.8, 4) is 17.0 Å². The van der Waals surface area contributed by atoms with Crippen molar-refractivity contribution in [2.45, 2.75) is 44.4 Å². The number of thioether (sulfide) groups is 1. The molecule has 0 aliphatic heterocycles. The van der Waals surface area contributed by atoms with Crippen LogP contribution in [0.1, 0.15) is 36.5 Å². The molecular formula is C25H27N3OS. The lowest BCUT2D eigenvalue weighted by Gasteiger charge is -2.07. The molecule has 0 amide bonds. The van der Waals surface area contributed by atoms with Crippen molar-refractivity contribution in [3.05, 3.63) is 77.6 Å². The second-order valence-corrected chi connectivity index (χ2v) is 8.50. The normalized spacial score (nSPS) is 11.2. The number of aromatic nitrogens is 3. The van der Waals surface area contributed by atoms with E-state index >= 15 is 0 Å². The summed E-state index contributed by atoms with van der Waals surface area (Å²) in [5.74, 6) is 1.80. The van der Waals surface area contributed by atoms with Crippen molar-refractivity contribution in [2.75, 3.05) is 6.61 Å². The van der Waals surface area contributed by atoms with Gasteiger partial charge < -0.3 is 4.74 Å². The lowest BCUT2D eigenvalue weighted by atomic mass is 10.1. The molecule has 30 heavy (non-hydrogen) atoms. The molecule has 4 aromatic rings. The summed E-state index contributed by atoms with van der Waals surface area (Å²) in [6.45, 7) is 7.22. The van der Waals surface area contributed by atoms with Gasteiger partial charge in [0.25, 0.3) is 0 Å². The Morgan fingerprint density at radius 2 is 1.87 bits per heavy atom. The molecule has 0 spiro atoms. The van der Waals surface area contributed by atoms with Crippen LogP contribution in [0.15, 0.2) is 66.0 Å². The molecule has 0 aliphatic rings. The van der Waals surface area contributed by atoms with Crippen molar-refractivity contribution in [1.29, 1.82) is 0 Å². The number of fused-ring (bicyclic) bond motifs is 1. The molecule has 0 saturated heterocycles. The number of hydrogen-bond donors (Lipinski definition) is 0. The summed E-state index contributed by atoms with van der Waals surface area (Å²) >= 11 is 1.76. The van der Waals surface area contributed by atoms with E-state index in [2.05, 4.69) is 62.2 Å². The number of ether oxygens (including phenoxy) is 1. The lowest BCUT2D eigenvalue weighted by Crippen LogP contribution is -1.96. The van der Waals surface area contributed by atoms with Crippen LogP contribution < -0.4 is 4.74 Å². The average Bonchev–Trinajstić information content (AvgIpc) is 3.20. The van der Waals surface area contributed by atoms with Crippen LogP contribution in [0.25, 0.3) is 16.8 Å². The lowest BCUT2D eigenvalue weighted by molar-refractivity contribution is 0.309. The van der Waals surface area contributed by atoms with Crippen LogP contribution in [-0.4, -0.2) is 21.2 Å². The minimum Gasteiger partial charge on any atom is -0.494 e. The van der Waals surface area contributed by atoms with Crippen LogP contribution in [0, 0.1) is 13.8 Å². The second-order valence-electron chi connectivity index (χ2n) is 7.54. The van der Waals surface area contributed by atoms with Crippen LogP contribution in [0.5, 0.6) is 5.75 Å². The molecule has 0 fully saturated rings. The first-order chi connectivity index (χ1) is 14.6. The summed E-state index contributed by atoms with van der Waals surface area (Å²) in [4.78, 5) is 4.62. The maximum atomic E-state index is 5.77. The summed E-state index contributed by atoms with van der Waals surface area (Å²) in [5.41, 5.74) is 7.00. The molecule has 5 heteroatoms. The van der Waals surface area contributed by atoms with E-state index in [4.69, 9.17) is 9.84 Å². The van der Waals surface area contributed by atoms with Gasteiger partial charge in [-0.05, 0) is 61.7 Å². The van der Waals surface area contributed by atoms with E-state index in [-0.39, 0.29) is 0 Å². The van der Waals surface area contributed by atoms with Gasteiger partial charge in [-0.1, -0.05) is 48.9 Å². The van der Waals surface area contributed by atoms with E-state index in [1.807, 2.05) is 29.0 Å². The van der Waals surface area contributed by atoms with Gasteiger partial charge in [0.05, 0.1) is 17.8 Å². The molecular weight excluding hydrogens is 390 g/mol. The molecule has 2 heterocycles. The Bertz CT molecular complexity index is 1140. The van der Waals surface area contributed by atoms with E-state index < -0.39 is 0 Å². The molecule has 0 N–H and O–H groups in total. The third kappa shape index (κ3) is 4.68. The highest BCUT2D eigenvalue weighted by molar-refractivity contribution is 7.98. The Morgan fingerprint density at radius 3 is 2.67 bits per heavy atom. The van der Waals surface area contributed by atoms with Crippen LogP contribution in [0.2, 0.25) is 0 Å². The number of aryl methyl sites for hydroxylation is 2. The molecule has 0 bridgehead atoms. The first-order valence-corrected chi connectivity index (χ1v) is 11.4. The molecule has 0 aliphatic carbocycles. The Morgan fingerprint density at radius 1 is 1.03 bits per heavy atom. The first kappa shape index (κ1) is 20.5. The van der Waals surface area contributed by atoms with E-state index in [1.54, 1.807) is 11.8 Å². The van der Waals surface area contributed by atoms with Gasteiger partial charge in [0, 0.05) is 23.7 Å². The molecule has 0 radical (unpaired) electrons. The SMILES string of the molecule is CCCCOc1ccc(-c2cc3c(SCc4cc(C)ccc4C)nccn3n2)cc1. The van der Waals surface area contributed by atoms with Gasteiger partial charge in [0.2, 0.25) is 0 Å². The van der Waals surface area contributed by atoms with Crippen LogP contribution in [0.4, 0.5) is 0 Å². The van der Waals surface area contributed by atoms with Gasteiger partial charge in [-0.15, -0.1) is 0 Å². The van der Waals surface area contributed by atoms with Crippen molar-refractivity contribution in [1.82, 2.24) is 14.6 Å². The zero-order valence-electron chi connectivity index (χ0n) is 17.8. The zero-order valence-corrected chi connectivity index (χ0v) is 18.6. The minimum absolute atomic E-state index is 0.761. The molecule has 4 nitrogen and oxygen atoms in total. The molecule has 154 valence electrons. The molecule has 0 saturated carbocycles. The van der Waals surface area contributed by atoms with E-state index in [1.165, 1.54) is 16.7 Å². The maximum Gasteiger partial charge on any atom is 0.122 e. The van der Waals surface area contributed by atoms with Gasteiger partial charge in [-0.2, -0.15) is 5.10 Å². The predicted molar refractivity (Wildman–Crippen MR) is 124 cm³/mol. The molecule has 2 aromatic carbocycles. The fourth-order valence-corrected chi connectivity index (χ4v) is 4.35. The zero-order chi connectivity index (χ0) is 20.9. The molecule has 0 atom stereocenters. The fraction of sp³-hybridized carbons (Fsp3) is 0.280. The number of unbranched alkanes of at least 4 members (excludes halogenated alkanes) is 1. The first-order valence-electron chi connectivity index (χ1n) is 10.4. The van der Waals surface area contributed by atoms with Crippen molar-refractivity contribution in [2.24, 2.45) is 0 Å². The molecule has 2 aromatic heterocycles. The maximum absolute atomic E-state index is 5.77. The van der Waals surface area contributed by atoms with E-state index in [0.29, 0.717) is 0 Å². The number of hydrogen-bond acceptors (Lipinski definition) is 4. The third-order valence-corrected chi connectivity index (χ3v) is 6.18. The van der Waals surface area contributed by atoms with Gasteiger partial charge in [-0.25, -0.2) is 9.50 Å². The topological polar surface area (TPSA) is 39.4 Å². The third-order valence-electron chi connectivity index (χ3n) is 5.14. The van der Waals surface area contributed by atoms with Crippen LogP contribution in [-0.2, 0) is 5.75 Å². The standard InChI is InChI=1S/C25H27N3OS/c1-4-5-14-29-22-10-8-20(9-11-22)23-16-24-25(26-12-13-28(24)27-23)30-17-21-15-18(2)6-7-19(21)3/h6-13,15-16H,4-5,14,17H2,1-3H3. The fourth-order valence-electron chi connectivity index (χ4n) is 3.31. The van der Waals surface area contributed by atoms with Crippen LogP contribution in [0.3, 0.4) is 0 Å². The highest BCUT2D eigenvalue weighted by Gasteiger charge is 2.11. The van der Waals surface area contributed by atoms with Crippen molar-refractivity contribution >= 4 is 17.3 Å². The van der Waals surface area contributed by atoms with Crippen molar-refractivity contribution < 1.29 is 4.74 Å². The Labute approximate surface area is 182 Å². The summed E-state index contributed by atoms with van der Waals surface area (Å²) in [5, 5.41) is 5.75. The number of nitrogens with zero attached hydrogens (tertiary/aromatic N) is 3. The monoisotopic (exact) mass is 417 g/mol. The summed E-state index contributed by atoms with van der Waals surface area (Å²) in [6, 6.07) is 16.9. The van der Waals surface area contributed by atoms with E-state index in [0.717, 1.165) is 52.8 Å². The van der Waals surface area contributed by atoms with E-state index in [9.17, 15) is 0 Å². The highest BCUT2D eigenvalue weighted by Crippen LogP contribution is 2.29. The second kappa shape index (κ2) is 9.35. The largest absolute Gasteiger partial charge is 0.494 e. The Balaban J connectivity index is 1.54. The number of rotatable bonds is 8. The minimum atomic E-state index is 0.761. The van der Waals surface area contributed by atoms with Gasteiger partial charge >= 0.3 is 0 Å². The summed E-state index contributed by atoms with van der Waals surface area (Å²) < 4.78 is 7.68. The number of benzene rings is 2. The summed E-state index contributed by atoms with van der Waals surface area (Å²) in [7, 11) is 0. The van der Waals surface area contributed by atoms with Gasteiger partial charge in [-0.3, -0.25) is 0 Å². The Hall–Kier alpha value is -2.79. The quantitative estimate of drug-likeness (QED) is 0.243. The molecule has 4 rings (SSSR count). The van der Waals surface area contributed by atoms with Crippen molar-refractivity contribution in [3.63, 3.8) is 0 Å². The smallest absolute Gasteiger partial charge is 0.122 e. The predicted octanol–water partition coefficient (Wildman–Crippen LogP) is 6.48. The highest BCUT2D eigenvalue weighted by atomic mass is 32.2. The Kier molecular flexibility index (Phi) is 6.38. The van der Waals surface area contributed by atoms with Crippen LogP contribution >= 0.6 is 11.8 Å². The van der Waals surface area contributed by atoms with Gasteiger partial charge in [0.1, 0.15) is 10.8 Å². The molecule has 0 unspecified atom stereocenters.